The number of pyridine rings is 1. The zero-order valence-electron chi connectivity index (χ0n) is 15.9. The molecule has 0 aliphatic carbocycles. The van der Waals surface area contributed by atoms with Crippen LogP contribution in [0.4, 0.5) is 0 Å². The Hall–Kier alpha value is -2.66. The molecule has 1 atom stereocenters. The molecule has 1 aliphatic heterocycles. The first-order valence-corrected chi connectivity index (χ1v) is 9.95. The number of carbonyl (C=O) groups is 1. The number of halogens is 1. The van der Waals surface area contributed by atoms with E-state index < -0.39 is 0 Å². The minimum atomic E-state index is 0.00242. The van der Waals surface area contributed by atoms with Crippen LogP contribution in [0.5, 0.6) is 0 Å². The fraction of sp³-hybridized carbons (Fsp3) is 0.318. The van der Waals surface area contributed by atoms with E-state index in [9.17, 15) is 4.79 Å². The van der Waals surface area contributed by atoms with Crippen LogP contribution in [0.15, 0.2) is 54.7 Å². The van der Waals surface area contributed by atoms with Crippen molar-refractivity contribution in [3.05, 3.63) is 82.4 Å². The highest BCUT2D eigenvalue weighted by atomic mass is 35.5. The highest BCUT2D eigenvalue weighted by Crippen LogP contribution is 2.27. The number of aromatic nitrogens is 3. The predicted molar refractivity (Wildman–Crippen MR) is 110 cm³/mol. The summed E-state index contributed by atoms with van der Waals surface area (Å²) < 4.78 is 1.66. The molecule has 1 aromatic carbocycles. The Labute approximate surface area is 170 Å². The Morgan fingerprint density at radius 3 is 2.75 bits per heavy atom. The van der Waals surface area contributed by atoms with E-state index in [2.05, 4.69) is 23.3 Å². The molecule has 0 radical (unpaired) electrons. The summed E-state index contributed by atoms with van der Waals surface area (Å²) in [5.41, 5.74) is 3.79. The van der Waals surface area contributed by atoms with Gasteiger partial charge in [0.15, 0.2) is 0 Å². The Balaban J connectivity index is 1.47. The van der Waals surface area contributed by atoms with Crippen LogP contribution in [-0.4, -0.2) is 38.7 Å². The molecule has 1 amide bonds. The highest BCUT2D eigenvalue weighted by Gasteiger charge is 2.27. The standard InChI is InChI=1S/C22H23ClN4O/c1-26-13-11-21(25-26)22(28)27-12-3-4-17(15-27)20-6-2-5-19(24-20)14-16-7-9-18(23)10-8-16/h2,5-11,13,17H,3-4,12,14-15H2,1H3/t17-/m1/s1. The molecule has 6 heteroatoms. The molecule has 1 aliphatic rings. The Morgan fingerprint density at radius 2 is 2.00 bits per heavy atom. The first kappa shape index (κ1) is 18.7. The van der Waals surface area contributed by atoms with Crippen LogP contribution in [0.1, 0.15) is 46.2 Å². The van der Waals surface area contributed by atoms with Gasteiger partial charge in [-0.25, -0.2) is 0 Å². The SMILES string of the molecule is Cn1ccc(C(=O)N2CCC[C@@H](c3cccc(Cc4ccc(Cl)cc4)n3)C2)n1. The number of hydrogen-bond acceptors (Lipinski definition) is 3. The monoisotopic (exact) mass is 394 g/mol. The van der Waals surface area contributed by atoms with Crippen LogP contribution in [0.2, 0.25) is 5.02 Å². The molecule has 28 heavy (non-hydrogen) atoms. The van der Waals surface area contributed by atoms with Gasteiger partial charge in [0.2, 0.25) is 0 Å². The highest BCUT2D eigenvalue weighted by molar-refractivity contribution is 6.30. The third-order valence-corrected chi connectivity index (χ3v) is 5.44. The summed E-state index contributed by atoms with van der Waals surface area (Å²) >= 11 is 5.97. The smallest absolute Gasteiger partial charge is 0.274 e. The van der Waals surface area contributed by atoms with Gasteiger partial charge in [-0.15, -0.1) is 0 Å². The zero-order chi connectivity index (χ0) is 19.5. The Kier molecular flexibility index (Phi) is 5.44. The second-order valence-corrected chi connectivity index (χ2v) is 7.76. The van der Waals surface area contributed by atoms with Gasteiger partial charge in [0.1, 0.15) is 5.69 Å². The van der Waals surface area contributed by atoms with Crippen LogP contribution >= 0.6 is 11.6 Å². The van der Waals surface area contributed by atoms with E-state index in [1.165, 1.54) is 5.56 Å². The van der Waals surface area contributed by atoms with Crippen molar-refractivity contribution in [1.82, 2.24) is 19.7 Å². The van der Waals surface area contributed by atoms with Gasteiger partial charge in [-0.1, -0.05) is 29.8 Å². The van der Waals surface area contributed by atoms with Crippen molar-refractivity contribution < 1.29 is 4.79 Å². The lowest BCUT2D eigenvalue weighted by Gasteiger charge is -2.32. The molecule has 4 rings (SSSR count). The average Bonchev–Trinajstić information content (AvgIpc) is 3.16. The molecule has 1 fully saturated rings. The van der Waals surface area contributed by atoms with Crippen molar-refractivity contribution in [2.75, 3.05) is 13.1 Å². The Morgan fingerprint density at radius 1 is 1.18 bits per heavy atom. The summed E-state index contributed by atoms with van der Waals surface area (Å²) in [4.78, 5) is 19.5. The molecule has 0 spiro atoms. The molecule has 2 aromatic heterocycles. The predicted octanol–water partition coefficient (Wildman–Crippen LogP) is 4.08. The molecule has 5 nitrogen and oxygen atoms in total. The van der Waals surface area contributed by atoms with Crippen LogP contribution < -0.4 is 0 Å². The van der Waals surface area contributed by atoms with Gasteiger partial charge in [-0.3, -0.25) is 14.5 Å². The molecule has 0 saturated carbocycles. The molecular weight excluding hydrogens is 372 g/mol. The van der Waals surface area contributed by atoms with Crippen molar-refractivity contribution in [1.29, 1.82) is 0 Å². The lowest BCUT2D eigenvalue weighted by atomic mass is 9.93. The summed E-state index contributed by atoms with van der Waals surface area (Å²) in [6, 6.07) is 15.8. The molecule has 0 unspecified atom stereocenters. The minimum absolute atomic E-state index is 0.00242. The molecular formula is C22H23ClN4O. The second kappa shape index (κ2) is 8.15. The Bertz CT molecular complexity index is 967. The summed E-state index contributed by atoms with van der Waals surface area (Å²) in [5, 5.41) is 4.99. The minimum Gasteiger partial charge on any atom is -0.337 e. The summed E-state index contributed by atoms with van der Waals surface area (Å²) in [7, 11) is 1.83. The van der Waals surface area contributed by atoms with Crippen molar-refractivity contribution in [3.63, 3.8) is 0 Å². The van der Waals surface area contributed by atoms with E-state index in [1.807, 2.05) is 36.2 Å². The van der Waals surface area contributed by atoms with Gasteiger partial charge in [0.25, 0.3) is 5.91 Å². The fourth-order valence-corrected chi connectivity index (χ4v) is 3.86. The number of aryl methyl sites for hydroxylation is 1. The van der Waals surface area contributed by atoms with E-state index in [0.29, 0.717) is 12.2 Å². The van der Waals surface area contributed by atoms with Gasteiger partial charge in [-0.2, -0.15) is 5.10 Å². The number of nitrogens with zero attached hydrogens (tertiary/aromatic N) is 4. The molecule has 3 aromatic rings. The maximum atomic E-state index is 12.7. The molecule has 3 heterocycles. The van der Waals surface area contributed by atoms with Crippen LogP contribution in [-0.2, 0) is 13.5 Å². The maximum absolute atomic E-state index is 12.7. The van der Waals surface area contributed by atoms with Crippen LogP contribution in [0.25, 0.3) is 0 Å². The van der Waals surface area contributed by atoms with Crippen LogP contribution in [0, 0.1) is 0 Å². The van der Waals surface area contributed by atoms with E-state index in [1.54, 1.807) is 16.9 Å². The average molecular weight is 395 g/mol. The third kappa shape index (κ3) is 4.25. The largest absolute Gasteiger partial charge is 0.337 e. The number of hydrogen-bond donors (Lipinski definition) is 0. The number of piperidine rings is 1. The molecule has 0 N–H and O–H groups in total. The zero-order valence-corrected chi connectivity index (χ0v) is 16.6. The number of benzene rings is 1. The number of amides is 1. The van der Waals surface area contributed by atoms with Crippen LogP contribution in [0.3, 0.4) is 0 Å². The van der Waals surface area contributed by atoms with E-state index >= 15 is 0 Å². The first-order valence-electron chi connectivity index (χ1n) is 9.58. The van der Waals surface area contributed by atoms with Gasteiger partial charge in [0.05, 0.1) is 0 Å². The number of likely N-dealkylation sites (tertiary alicyclic amines) is 1. The maximum Gasteiger partial charge on any atom is 0.274 e. The van der Waals surface area contributed by atoms with Crippen molar-refractivity contribution in [2.24, 2.45) is 7.05 Å². The molecule has 1 saturated heterocycles. The summed E-state index contributed by atoms with van der Waals surface area (Å²) in [6.07, 6.45) is 4.60. The molecule has 144 valence electrons. The van der Waals surface area contributed by atoms with Crippen molar-refractivity contribution in [2.45, 2.75) is 25.2 Å². The van der Waals surface area contributed by atoms with Gasteiger partial charge < -0.3 is 4.90 Å². The first-order chi connectivity index (χ1) is 13.6. The number of rotatable bonds is 4. The fourth-order valence-electron chi connectivity index (χ4n) is 3.73. The molecule has 0 bridgehead atoms. The lowest BCUT2D eigenvalue weighted by Crippen LogP contribution is -2.39. The second-order valence-electron chi connectivity index (χ2n) is 7.32. The summed E-state index contributed by atoms with van der Waals surface area (Å²) in [6.45, 7) is 1.46. The van der Waals surface area contributed by atoms with Gasteiger partial charge >= 0.3 is 0 Å². The number of carbonyl (C=O) groups excluding carboxylic acids is 1. The topological polar surface area (TPSA) is 51.0 Å². The third-order valence-electron chi connectivity index (χ3n) is 5.19. The van der Waals surface area contributed by atoms with Gasteiger partial charge in [-0.05, 0) is 48.7 Å². The van der Waals surface area contributed by atoms with Gasteiger partial charge in [0, 0.05) is 55.1 Å². The quantitative estimate of drug-likeness (QED) is 0.670. The van der Waals surface area contributed by atoms with E-state index in [4.69, 9.17) is 16.6 Å². The lowest BCUT2D eigenvalue weighted by molar-refractivity contribution is 0.0699. The van der Waals surface area contributed by atoms with Crippen molar-refractivity contribution >= 4 is 17.5 Å². The summed E-state index contributed by atoms with van der Waals surface area (Å²) in [5.74, 6) is 0.259. The van der Waals surface area contributed by atoms with E-state index in [-0.39, 0.29) is 11.8 Å². The normalized spacial score (nSPS) is 16.9. The van der Waals surface area contributed by atoms with Crippen molar-refractivity contribution in [3.8, 4) is 0 Å². The van der Waals surface area contributed by atoms with E-state index in [0.717, 1.165) is 42.2 Å².